The lowest BCUT2D eigenvalue weighted by Gasteiger charge is -2.10. The number of anilines is 1. The Morgan fingerprint density at radius 1 is 1.30 bits per heavy atom. The lowest BCUT2D eigenvalue weighted by molar-refractivity contribution is 0.102. The molecule has 0 aliphatic rings. The van der Waals surface area contributed by atoms with Crippen LogP contribution in [0.4, 0.5) is 5.69 Å². The fourth-order valence-electron chi connectivity index (χ4n) is 1.84. The molecule has 1 heterocycles. The molecule has 0 bridgehead atoms. The third-order valence-corrected chi connectivity index (χ3v) is 5.33. The minimum atomic E-state index is -3.58. The van der Waals surface area contributed by atoms with Gasteiger partial charge >= 0.3 is 0 Å². The molecule has 0 unspecified atom stereocenters. The van der Waals surface area contributed by atoms with Gasteiger partial charge in [0.25, 0.3) is 5.91 Å². The summed E-state index contributed by atoms with van der Waals surface area (Å²) in [6.07, 6.45) is 1.27. The van der Waals surface area contributed by atoms with Crippen molar-refractivity contribution in [1.29, 1.82) is 0 Å². The van der Waals surface area contributed by atoms with Gasteiger partial charge in [0.2, 0.25) is 15.0 Å². The first kappa shape index (κ1) is 17.6. The van der Waals surface area contributed by atoms with Gasteiger partial charge in [0, 0.05) is 11.9 Å². The fraction of sp³-hybridized carbons (Fsp3) is 0.267. The Kier molecular flexibility index (Phi) is 5.16. The number of hydrogen-bond donors (Lipinski definition) is 1. The van der Waals surface area contributed by atoms with Crippen molar-refractivity contribution in [3.8, 4) is 0 Å². The first-order valence-corrected chi connectivity index (χ1v) is 9.33. The average Bonchev–Trinajstić information content (AvgIpc) is 2.51. The number of carbonyl (C=O) groups excluding carboxylic acids is 1. The van der Waals surface area contributed by atoms with Crippen LogP contribution < -0.4 is 5.32 Å². The van der Waals surface area contributed by atoms with Gasteiger partial charge in [-0.15, -0.1) is 0 Å². The van der Waals surface area contributed by atoms with Crippen molar-refractivity contribution < 1.29 is 13.2 Å². The standard InChI is InChI=1S/C15H16BrN3O3S/c1-4-23(21,22)15-17-8-11(16)13(19-15)14(20)18-12-7-9(2)5-6-10(12)3/h5-8H,4H2,1-3H3,(H,18,20). The highest BCUT2D eigenvalue weighted by Crippen LogP contribution is 2.20. The molecule has 1 aromatic carbocycles. The number of benzene rings is 1. The number of aryl methyl sites for hydroxylation is 2. The summed E-state index contributed by atoms with van der Waals surface area (Å²) >= 11 is 3.19. The molecule has 23 heavy (non-hydrogen) atoms. The maximum atomic E-state index is 12.4. The largest absolute Gasteiger partial charge is 0.320 e. The van der Waals surface area contributed by atoms with Gasteiger partial charge in [-0.05, 0) is 47.0 Å². The van der Waals surface area contributed by atoms with Crippen LogP contribution in [0.25, 0.3) is 0 Å². The Balaban J connectivity index is 2.39. The number of nitrogens with zero attached hydrogens (tertiary/aromatic N) is 2. The lowest BCUT2D eigenvalue weighted by Crippen LogP contribution is -2.18. The minimum Gasteiger partial charge on any atom is -0.320 e. The number of sulfone groups is 1. The summed E-state index contributed by atoms with van der Waals surface area (Å²) < 4.78 is 24.1. The summed E-state index contributed by atoms with van der Waals surface area (Å²) in [7, 11) is -3.58. The van der Waals surface area contributed by atoms with Crippen LogP contribution in [-0.4, -0.2) is 30.0 Å². The van der Waals surface area contributed by atoms with E-state index in [1.165, 1.54) is 13.1 Å². The van der Waals surface area contributed by atoms with E-state index in [4.69, 9.17) is 0 Å². The Morgan fingerprint density at radius 2 is 2.00 bits per heavy atom. The molecule has 0 saturated carbocycles. The van der Waals surface area contributed by atoms with Gasteiger partial charge < -0.3 is 5.32 Å². The van der Waals surface area contributed by atoms with Crippen LogP contribution in [0, 0.1) is 13.8 Å². The smallest absolute Gasteiger partial charge is 0.275 e. The molecule has 0 aliphatic heterocycles. The molecule has 8 heteroatoms. The molecular formula is C15H16BrN3O3S. The molecule has 0 saturated heterocycles. The topological polar surface area (TPSA) is 89.0 Å². The van der Waals surface area contributed by atoms with E-state index in [0.717, 1.165) is 11.1 Å². The second-order valence-corrected chi connectivity index (χ2v) is 8.05. The van der Waals surface area contributed by atoms with Gasteiger partial charge in [0.15, 0.2) is 0 Å². The highest BCUT2D eigenvalue weighted by molar-refractivity contribution is 9.10. The number of halogens is 1. The summed E-state index contributed by atoms with van der Waals surface area (Å²) in [5.41, 5.74) is 2.53. The van der Waals surface area contributed by atoms with Gasteiger partial charge in [-0.25, -0.2) is 18.4 Å². The van der Waals surface area contributed by atoms with Crippen LogP contribution >= 0.6 is 15.9 Å². The summed E-state index contributed by atoms with van der Waals surface area (Å²) in [6.45, 7) is 5.29. The fourth-order valence-corrected chi connectivity index (χ4v) is 2.91. The molecular weight excluding hydrogens is 382 g/mol. The number of carbonyl (C=O) groups is 1. The van der Waals surface area contributed by atoms with E-state index in [-0.39, 0.29) is 16.6 Å². The van der Waals surface area contributed by atoms with Crippen LogP contribution in [0.2, 0.25) is 0 Å². The Labute approximate surface area is 143 Å². The van der Waals surface area contributed by atoms with Crippen LogP contribution in [0.1, 0.15) is 28.5 Å². The minimum absolute atomic E-state index is 0.0204. The van der Waals surface area contributed by atoms with Crippen molar-refractivity contribution in [3.05, 3.63) is 45.7 Å². The van der Waals surface area contributed by atoms with E-state index in [0.29, 0.717) is 10.2 Å². The summed E-state index contributed by atoms with van der Waals surface area (Å²) in [4.78, 5) is 20.1. The molecule has 0 atom stereocenters. The molecule has 2 rings (SSSR count). The number of nitrogens with one attached hydrogen (secondary N) is 1. The predicted octanol–water partition coefficient (Wildman–Crippen LogP) is 2.90. The van der Waals surface area contributed by atoms with Gasteiger partial charge in [0.1, 0.15) is 5.69 Å². The number of amides is 1. The zero-order valence-electron chi connectivity index (χ0n) is 12.9. The van der Waals surface area contributed by atoms with Crippen molar-refractivity contribution in [2.45, 2.75) is 25.9 Å². The van der Waals surface area contributed by atoms with Crippen molar-refractivity contribution in [3.63, 3.8) is 0 Å². The third-order valence-electron chi connectivity index (χ3n) is 3.24. The van der Waals surface area contributed by atoms with E-state index in [1.807, 2.05) is 32.0 Å². The maximum absolute atomic E-state index is 12.4. The van der Waals surface area contributed by atoms with Crippen LogP contribution in [0.15, 0.2) is 34.0 Å². The summed E-state index contributed by atoms with van der Waals surface area (Å²) in [5, 5.41) is 2.40. The predicted molar refractivity (Wildman–Crippen MR) is 91.3 cm³/mol. The molecule has 122 valence electrons. The van der Waals surface area contributed by atoms with E-state index in [2.05, 4.69) is 31.2 Å². The van der Waals surface area contributed by atoms with Crippen molar-refractivity contribution in [1.82, 2.24) is 9.97 Å². The van der Waals surface area contributed by atoms with Crippen molar-refractivity contribution >= 4 is 37.4 Å². The van der Waals surface area contributed by atoms with Gasteiger partial charge in [-0.2, -0.15) is 0 Å². The van der Waals surface area contributed by atoms with Gasteiger partial charge in [-0.1, -0.05) is 19.1 Å². The van der Waals surface area contributed by atoms with E-state index >= 15 is 0 Å². The maximum Gasteiger partial charge on any atom is 0.275 e. The second-order valence-electron chi connectivity index (χ2n) is 5.03. The third kappa shape index (κ3) is 3.94. The van der Waals surface area contributed by atoms with Gasteiger partial charge in [0.05, 0.1) is 10.2 Å². The highest BCUT2D eigenvalue weighted by atomic mass is 79.9. The summed E-state index contributed by atoms with van der Waals surface area (Å²) in [6, 6.07) is 5.68. The van der Waals surface area contributed by atoms with Crippen molar-refractivity contribution in [2.24, 2.45) is 0 Å². The molecule has 1 N–H and O–H groups in total. The van der Waals surface area contributed by atoms with E-state index < -0.39 is 15.7 Å². The average molecular weight is 398 g/mol. The van der Waals surface area contributed by atoms with Crippen LogP contribution in [0.5, 0.6) is 0 Å². The Morgan fingerprint density at radius 3 is 2.65 bits per heavy atom. The highest BCUT2D eigenvalue weighted by Gasteiger charge is 2.21. The molecule has 1 aromatic heterocycles. The quantitative estimate of drug-likeness (QED) is 0.800. The molecule has 1 amide bonds. The lowest BCUT2D eigenvalue weighted by atomic mass is 10.1. The second kappa shape index (κ2) is 6.76. The number of hydrogen-bond acceptors (Lipinski definition) is 5. The van der Waals surface area contributed by atoms with E-state index in [1.54, 1.807) is 0 Å². The number of rotatable bonds is 4. The van der Waals surface area contributed by atoms with Crippen LogP contribution in [-0.2, 0) is 9.84 Å². The van der Waals surface area contributed by atoms with Gasteiger partial charge in [-0.3, -0.25) is 4.79 Å². The Bertz CT molecular complexity index is 866. The normalized spacial score (nSPS) is 11.3. The molecule has 0 aliphatic carbocycles. The zero-order chi connectivity index (χ0) is 17.2. The SMILES string of the molecule is CCS(=O)(=O)c1ncc(Br)c(C(=O)Nc2cc(C)ccc2C)n1. The van der Waals surface area contributed by atoms with Crippen LogP contribution in [0.3, 0.4) is 0 Å². The Hall–Kier alpha value is -1.80. The first-order chi connectivity index (χ1) is 10.7. The molecule has 6 nitrogen and oxygen atoms in total. The zero-order valence-corrected chi connectivity index (χ0v) is 15.3. The summed E-state index contributed by atoms with van der Waals surface area (Å²) in [5.74, 6) is -0.632. The first-order valence-electron chi connectivity index (χ1n) is 6.88. The number of aromatic nitrogens is 2. The van der Waals surface area contributed by atoms with E-state index in [9.17, 15) is 13.2 Å². The molecule has 2 aromatic rings. The molecule has 0 spiro atoms. The molecule has 0 fully saturated rings. The molecule has 0 radical (unpaired) electrons. The van der Waals surface area contributed by atoms with Crippen molar-refractivity contribution in [2.75, 3.05) is 11.1 Å². The monoisotopic (exact) mass is 397 g/mol.